The fourth-order valence-corrected chi connectivity index (χ4v) is 2.44. The van der Waals surface area contributed by atoms with E-state index in [2.05, 4.69) is 10.2 Å². The molecule has 24 heavy (non-hydrogen) atoms. The van der Waals surface area contributed by atoms with Crippen LogP contribution in [0.2, 0.25) is 0 Å². The standard InChI is InChI=1S/C18H25FN4O/c1-12(2)17(20)18(24)23(3)9-5-8-15-11-16(22-21-15)13-6-4-7-14(19)10-13/h4,6-7,10-12,17H,5,8-9,20H2,1-3H3,(H,21,22)/t17-/m0/s1. The number of carbonyl (C=O) groups excluding carboxylic acids is 1. The molecule has 1 aromatic carbocycles. The molecule has 1 amide bonds. The van der Waals surface area contributed by atoms with Gasteiger partial charge in [0.2, 0.25) is 5.91 Å². The van der Waals surface area contributed by atoms with Crippen molar-refractivity contribution in [3.63, 3.8) is 0 Å². The number of aromatic nitrogens is 2. The summed E-state index contributed by atoms with van der Waals surface area (Å²) in [5.74, 6) is -0.185. The van der Waals surface area contributed by atoms with E-state index in [-0.39, 0.29) is 17.6 Å². The van der Waals surface area contributed by atoms with Gasteiger partial charge in [0.15, 0.2) is 0 Å². The predicted molar refractivity (Wildman–Crippen MR) is 92.8 cm³/mol. The number of benzene rings is 1. The highest BCUT2D eigenvalue weighted by Gasteiger charge is 2.20. The lowest BCUT2D eigenvalue weighted by molar-refractivity contribution is -0.132. The van der Waals surface area contributed by atoms with Crippen LogP contribution in [-0.4, -0.2) is 40.6 Å². The third kappa shape index (κ3) is 4.64. The van der Waals surface area contributed by atoms with Crippen LogP contribution in [0.5, 0.6) is 0 Å². The van der Waals surface area contributed by atoms with Gasteiger partial charge in [-0.1, -0.05) is 26.0 Å². The van der Waals surface area contributed by atoms with Crippen LogP contribution in [0, 0.1) is 11.7 Å². The molecule has 0 aliphatic carbocycles. The second-order valence-corrected chi connectivity index (χ2v) is 6.42. The number of carbonyl (C=O) groups is 1. The lowest BCUT2D eigenvalue weighted by Gasteiger charge is -2.23. The minimum atomic E-state index is -0.457. The zero-order valence-electron chi connectivity index (χ0n) is 14.4. The van der Waals surface area contributed by atoms with E-state index in [4.69, 9.17) is 5.73 Å². The molecule has 1 atom stereocenters. The third-order valence-electron chi connectivity index (χ3n) is 4.07. The van der Waals surface area contributed by atoms with E-state index in [9.17, 15) is 9.18 Å². The summed E-state index contributed by atoms with van der Waals surface area (Å²) in [6.07, 6.45) is 1.56. The number of hydrogen-bond acceptors (Lipinski definition) is 3. The number of rotatable bonds is 7. The van der Waals surface area contributed by atoms with Gasteiger partial charge < -0.3 is 10.6 Å². The summed E-state index contributed by atoms with van der Waals surface area (Å²) in [7, 11) is 1.77. The molecule has 0 unspecified atom stereocenters. The Balaban J connectivity index is 1.86. The average Bonchev–Trinajstić information content (AvgIpc) is 3.02. The summed E-state index contributed by atoms with van der Waals surface area (Å²) in [6, 6.07) is 7.81. The molecule has 1 heterocycles. The van der Waals surface area contributed by atoms with Gasteiger partial charge in [-0.15, -0.1) is 0 Å². The maximum absolute atomic E-state index is 13.3. The van der Waals surface area contributed by atoms with Crippen molar-refractivity contribution >= 4 is 5.91 Å². The van der Waals surface area contributed by atoms with E-state index in [1.165, 1.54) is 12.1 Å². The van der Waals surface area contributed by atoms with Crippen molar-refractivity contribution < 1.29 is 9.18 Å². The van der Waals surface area contributed by atoms with Crippen LogP contribution < -0.4 is 5.73 Å². The first-order chi connectivity index (χ1) is 11.4. The van der Waals surface area contributed by atoms with Crippen LogP contribution in [0.1, 0.15) is 26.0 Å². The Hall–Kier alpha value is -2.21. The van der Waals surface area contributed by atoms with Crippen LogP contribution in [0.15, 0.2) is 30.3 Å². The molecule has 5 nitrogen and oxygen atoms in total. The van der Waals surface area contributed by atoms with Crippen molar-refractivity contribution in [2.24, 2.45) is 11.7 Å². The van der Waals surface area contributed by atoms with Gasteiger partial charge in [0.25, 0.3) is 0 Å². The number of nitrogens with zero attached hydrogens (tertiary/aromatic N) is 2. The monoisotopic (exact) mass is 332 g/mol. The molecule has 0 saturated heterocycles. The van der Waals surface area contributed by atoms with Gasteiger partial charge in [0, 0.05) is 24.8 Å². The first-order valence-corrected chi connectivity index (χ1v) is 8.19. The Kier molecular flexibility index (Phi) is 6.09. The lowest BCUT2D eigenvalue weighted by Crippen LogP contribution is -2.45. The number of nitrogens with two attached hydrogens (primary N) is 1. The molecule has 0 spiro atoms. The summed E-state index contributed by atoms with van der Waals surface area (Å²) < 4.78 is 13.3. The summed E-state index contributed by atoms with van der Waals surface area (Å²) in [6.45, 7) is 4.51. The molecular weight excluding hydrogens is 307 g/mol. The molecule has 0 aliphatic rings. The molecule has 0 saturated carbocycles. The number of hydrogen-bond donors (Lipinski definition) is 2. The first kappa shape index (κ1) is 18.1. The molecule has 0 aliphatic heterocycles. The second-order valence-electron chi connectivity index (χ2n) is 6.42. The van der Waals surface area contributed by atoms with E-state index < -0.39 is 6.04 Å². The second kappa shape index (κ2) is 8.06. The third-order valence-corrected chi connectivity index (χ3v) is 4.07. The Bertz CT molecular complexity index is 683. The predicted octanol–water partition coefficient (Wildman–Crippen LogP) is 2.59. The van der Waals surface area contributed by atoms with Gasteiger partial charge in [0.1, 0.15) is 5.82 Å². The normalized spacial score (nSPS) is 12.4. The largest absolute Gasteiger partial charge is 0.344 e. The van der Waals surface area contributed by atoms with E-state index in [1.54, 1.807) is 18.0 Å². The molecule has 3 N–H and O–H groups in total. The topological polar surface area (TPSA) is 75.0 Å². The highest BCUT2D eigenvalue weighted by molar-refractivity contribution is 5.81. The van der Waals surface area contributed by atoms with Crippen molar-refractivity contribution in [3.8, 4) is 11.3 Å². The van der Waals surface area contributed by atoms with Crippen molar-refractivity contribution in [3.05, 3.63) is 41.8 Å². The van der Waals surface area contributed by atoms with Gasteiger partial charge in [0.05, 0.1) is 11.7 Å². The highest BCUT2D eigenvalue weighted by atomic mass is 19.1. The van der Waals surface area contributed by atoms with E-state index in [1.807, 2.05) is 26.0 Å². The maximum atomic E-state index is 13.3. The summed E-state index contributed by atoms with van der Waals surface area (Å²) in [5.41, 5.74) is 8.31. The van der Waals surface area contributed by atoms with Crippen molar-refractivity contribution in [2.45, 2.75) is 32.7 Å². The van der Waals surface area contributed by atoms with Crippen LogP contribution in [0.3, 0.4) is 0 Å². The number of halogens is 1. The minimum Gasteiger partial charge on any atom is -0.344 e. The smallest absolute Gasteiger partial charge is 0.239 e. The molecule has 2 rings (SSSR count). The van der Waals surface area contributed by atoms with Crippen molar-refractivity contribution in [1.29, 1.82) is 0 Å². The number of nitrogens with one attached hydrogen (secondary N) is 1. The molecule has 2 aromatic rings. The van der Waals surface area contributed by atoms with Gasteiger partial charge in [-0.25, -0.2) is 4.39 Å². The lowest BCUT2D eigenvalue weighted by atomic mass is 10.0. The van der Waals surface area contributed by atoms with Gasteiger partial charge in [-0.2, -0.15) is 5.10 Å². The van der Waals surface area contributed by atoms with E-state index in [0.717, 1.165) is 29.8 Å². The van der Waals surface area contributed by atoms with Crippen molar-refractivity contribution in [1.82, 2.24) is 15.1 Å². The van der Waals surface area contributed by atoms with E-state index in [0.29, 0.717) is 6.54 Å². The zero-order chi connectivity index (χ0) is 17.7. The molecule has 0 fully saturated rings. The van der Waals surface area contributed by atoms with Crippen LogP contribution in [0.4, 0.5) is 4.39 Å². The quantitative estimate of drug-likeness (QED) is 0.818. The van der Waals surface area contributed by atoms with Crippen LogP contribution in [-0.2, 0) is 11.2 Å². The van der Waals surface area contributed by atoms with Gasteiger partial charge >= 0.3 is 0 Å². The highest BCUT2D eigenvalue weighted by Crippen LogP contribution is 2.19. The number of H-pyrrole nitrogens is 1. The van der Waals surface area contributed by atoms with Crippen molar-refractivity contribution in [2.75, 3.05) is 13.6 Å². The minimum absolute atomic E-state index is 0.0324. The number of aromatic amines is 1. The molecule has 130 valence electrons. The van der Waals surface area contributed by atoms with E-state index >= 15 is 0 Å². The Labute approximate surface area is 142 Å². The molecule has 1 aromatic heterocycles. The maximum Gasteiger partial charge on any atom is 0.239 e. The van der Waals surface area contributed by atoms with Crippen LogP contribution in [0.25, 0.3) is 11.3 Å². The molecule has 0 bridgehead atoms. The van der Waals surface area contributed by atoms with Crippen LogP contribution >= 0.6 is 0 Å². The molecule has 0 radical (unpaired) electrons. The fourth-order valence-electron chi connectivity index (χ4n) is 2.44. The number of aryl methyl sites for hydroxylation is 1. The Morgan fingerprint density at radius 3 is 2.79 bits per heavy atom. The fraction of sp³-hybridized carbons (Fsp3) is 0.444. The first-order valence-electron chi connectivity index (χ1n) is 8.19. The summed E-state index contributed by atoms with van der Waals surface area (Å²) >= 11 is 0. The summed E-state index contributed by atoms with van der Waals surface area (Å²) in [5, 5.41) is 7.19. The summed E-state index contributed by atoms with van der Waals surface area (Å²) in [4.78, 5) is 13.8. The molecular formula is C18H25FN4O. The van der Waals surface area contributed by atoms with Gasteiger partial charge in [-0.3, -0.25) is 9.89 Å². The number of amides is 1. The van der Waals surface area contributed by atoms with Gasteiger partial charge in [-0.05, 0) is 37.0 Å². The SMILES string of the molecule is CC(C)[C@H](N)C(=O)N(C)CCCc1cc(-c2cccc(F)c2)n[nH]1. The number of likely N-dealkylation sites (N-methyl/N-ethyl adjacent to an activating group) is 1. The zero-order valence-corrected chi connectivity index (χ0v) is 14.4. The Morgan fingerprint density at radius 2 is 2.12 bits per heavy atom. The Morgan fingerprint density at radius 1 is 1.38 bits per heavy atom. The molecule has 6 heteroatoms. The average molecular weight is 332 g/mol.